The molecule has 0 radical (unpaired) electrons. The molecule has 14 heteroatoms. The molecule has 2 amide bonds. The van der Waals surface area contributed by atoms with Crippen LogP contribution >= 0.6 is 0 Å². The van der Waals surface area contributed by atoms with Crippen molar-refractivity contribution >= 4 is 11.8 Å². The molecule has 234 valence electrons. The van der Waals surface area contributed by atoms with Gasteiger partial charge in [-0.05, 0) is 54.4 Å². The lowest BCUT2D eigenvalue weighted by molar-refractivity contribution is -0.143. The minimum atomic E-state index is -5.15. The van der Waals surface area contributed by atoms with Gasteiger partial charge in [-0.2, -0.15) is 26.3 Å². The Kier molecular flexibility index (Phi) is 11.1. The average molecular weight is 617 g/mol. The minimum Gasteiger partial charge on any atom is -0.493 e. The van der Waals surface area contributed by atoms with Crippen molar-refractivity contribution in [3.05, 3.63) is 82.8 Å². The van der Waals surface area contributed by atoms with Crippen LogP contribution in [0.1, 0.15) is 32.8 Å². The molecule has 1 aromatic heterocycles. The maximum absolute atomic E-state index is 13.5. The van der Waals surface area contributed by atoms with Gasteiger partial charge in [-0.25, -0.2) is 0 Å². The number of amides is 2. The fraction of sp³-hybridized carbons (Fsp3) is 0.379. The molecule has 1 heterocycles. The van der Waals surface area contributed by atoms with Crippen LogP contribution < -0.4 is 9.47 Å². The van der Waals surface area contributed by atoms with Gasteiger partial charge in [0.25, 0.3) is 5.91 Å². The smallest absolute Gasteiger partial charge is 0.416 e. The van der Waals surface area contributed by atoms with Crippen LogP contribution in [0.5, 0.6) is 11.5 Å². The van der Waals surface area contributed by atoms with Crippen LogP contribution in [0.4, 0.5) is 26.3 Å². The average Bonchev–Trinajstić information content (AvgIpc) is 3.48. The number of benzene rings is 2. The highest BCUT2D eigenvalue weighted by Gasteiger charge is 2.38. The van der Waals surface area contributed by atoms with Crippen molar-refractivity contribution in [3.8, 4) is 11.5 Å². The summed E-state index contributed by atoms with van der Waals surface area (Å²) in [5.41, 5.74) is -3.36. The van der Waals surface area contributed by atoms with Gasteiger partial charge in [-0.3, -0.25) is 9.59 Å². The number of ether oxygens (including phenoxy) is 3. The van der Waals surface area contributed by atoms with Crippen molar-refractivity contribution in [2.75, 3.05) is 47.6 Å². The van der Waals surface area contributed by atoms with Crippen molar-refractivity contribution < 1.29 is 54.6 Å². The Balaban J connectivity index is 1.89. The van der Waals surface area contributed by atoms with Gasteiger partial charge in [0, 0.05) is 25.8 Å². The summed E-state index contributed by atoms with van der Waals surface area (Å²) >= 11 is 0. The van der Waals surface area contributed by atoms with Gasteiger partial charge < -0.3 is 28.4 Å². The topological polar surface area (TPSA) is 81.5 Å². The van der Waals surface area contributed by atoms with Gasteiger partial charge in [0.15, 0.2) is 11.5 Å². The Hall–Kier alpha value is -4.20. The van der Waals surface area contributed by atoms with E-state index in [0.29, 0.717) is 35.8 Å². The van der Waals surface area contributed by atoms with Crippen molar-refractivity contribution in [3.63, 3.8) is 0 Å². The Morgan fingerprint density at radius 1 is 0.814 bits per heavy atom. The van der Waals surface area contributed by atoms with Crippen LogP contribution in [0, 0.1) is 0 Å². The quantitative estimate of drug-likeness (QED) is 0.230. The zero-order valence-corrected chi connectivity index (χ0v) is 23.6. The molecule has 0 saturated heterocycles. The summed E-state index contributed by atoms with van der Waals surface area (Å²) in [6.45, 7) is -0.931. The summed E-state index contributed by atoms with van der Waals surface area (Å²) in [6, 6.07) is 9.05. The fourth-order valence-corrected chi connectivity index (χ4v) is 4.16. The van der Waals surface area contributed by atoms with E-state index in [4.69, 9.17) is 18.6 Å². The lowest BCUT2D eigenvalue weighted by atomic mass is 10.0. The summed E-state index contributed by atoms with van der Waals surface area (Å²) in [6.07, 6.45) is -8.55. The first-order valence-corrected chi connectivity index (χ1v) is 12.9. The molecule has 0 aliphatic carbocycles. The molecule has 0 spiro atoms. The number of methoxy groups -OCH3 is 3. The summed E-state index contributed by atoms with van der Waals surface area (Å²) in [5, 5.41) is 0. The Labute approximate surface area is 243 Å². The standard InChI is InChI=1S/C29H30F6N2O6/c1-40-12-10-37(27(39)20-14-21(28(30,31)32)16-22(15-20)29(33,34)35)18-26(38)36(17-23-5-4-11-43-23)9-8-19-6-7-24(41-2)25(13-19)42-3/h4-7,11,13-16H,8-10,12,17-18H2,1-3H3. The lowest BCUT2D eigenvalue weighted by Crippen LogP contribution is -2.44. The molecule has 0 fully saturated rings. The largest absolute Gasteiger partial charge is 0.493 e. The second-order valence-electron chi connectivity index (χ2n) is 9.35. The molecule has 3 aromatic rings. The van der Waals surface area contributed by atoms with E-state index in [-0.39, 0.29) is 32.3 Å². The first kappa shape index (κ1) is 33.3. The number of furan rings is 1. The Morgan fingerprint density at radius 3 is 2.00 bits per heavy atom. The Bertz CT molecular complexity index is 1340. The van der Waals surface area contributed by atoms with Crippen LogP contribution in [0.25, 0.3) is 0 Å². The molecule has 2 aromatic carbocycles. The number of hydrogen-bond donors (Lipinski definition) is 0. The van der Waals surface area contributed by atoms with Crippen LogP contribution in [-0.4, -0.2) is 69.2 Å². The molecule has 0 N–H and O–H groups in total. The number of alkyl halides is 6. The number of carbonyl (C=O) groups excluding carboxylic acids is 2. The SMILES string of the molecule is COCCN(CC(=O)N(CCc1ccc(OC)c(OC)c1)Cc1ccco1)C(=O)c1cc(C(F)(F)F)cc(C(F)(F)F)c1. The van der Waals surface area contributed by atoms with E-state index in [2.05, 4.69) is 0 Å². The third-order valence-corrected chi connectivity index (χ3v) is 6.41. The molecule has 0 aliphatic heterocycles. The van der Waals surface area contributed by atoms with E-state index in [1.54, 1.807) is 30.3 Å². The second kappa shape index (κ2) is 14.3. The molecule has 8 nitrogen and oxygen atoms in total. The predicted octanol–water partition coefficient (Wildman–Crippen LogP) is 5.69. The highest BCUT2D eigenvalue weighted by atomic mass is 19.4. The number of rotatable bonds is 13. The minimum absolute atomic E-state index is 0.00673. The first-order chi connectivity index (χ1) is 20.3. The van der Waals surface area contributed by atoms with Crippen LogP contribution in [0.3, 0.4) is 0 Å². The van der Waals surface area contributed by atoms with E-state index in [9.17, 15) is 35.9 Å². The summed E-state index contributed by atoms with van der Waals surface area (Å²) in [4.78, 5) is 29.1. The second-order valence-corrected chi connectivity index (χ2v) is 9.35. The fourth-order valence-electron chi connectivity index (χ4n) is 4.16. The molecule has 0 unspecified atom stereocenters. The number of hydrogen-bond acceptors (Lipinski definition) is 6. The van der Waals surface area contributed by atoms with E-state index in [1.165, 1.54) is 32.5 Å². The third kappa shape index (κ3) is 9.14. The van der Waals surface area contributed by atoms with Gasteiger partial charge in [-0.15, -0.1) is 0 Å². The van der Waals surface area contributed by atoms with E-state index in [0.717, 1.165) is 10.5 Å². The van der Waals surface area contributed by atoms with Gasteiger partial charge in [0.05, 0.1) is 44.8 Å². The Morgan fingerprint density at radius 2 is 1.47 bits per heavy atom. The summed E-state index contributed by atoms with van der Waals surface area (Å²) in [5.74, 6) is -0.419. The molecule has 3 rings (SSSR count). The van der Waals surface area contributed by atoms with Gasteiger partial charge >= 0.3 is 12.4 Å². The van der Waals surface area contributed by atoms with Gasteiger partial charge in [0.1, 0.15) is 12.3 Å². The first-order valence-electron chi connectivity index (χ1n) is 12.9. The number of halogens is 6. The van der Waals surface area contributed by atoms with E-state index >= 15 is 0 Å². The van der Waals surface area contributed by atoms with Crippen molar-refractivity contribution in [1.29, 1.82) is 0 Å². The van der Waals surface area contributed by atoms with E-state index in [1.807, 2.05) is 0 Å². The number of carbonyl (C=O) groups is 2. The third-order valence-electron chi connectivity index (χ3n) is 6.41. The van der Waals surface area contributed by atoms with Crippen LogP contribution in [-0.2, 0) is 34.8 Å². The molecule has 0 saturated carbocycles. The molecule has 0 aliphatic rings. The lowest BCUT2D eigenvalue weighted by Gasteiger charge is -2.28. The molecular weight excluding hydrogens is 586 g/mol. The van der Waals surface area contributed by atoms with Crippen molar-refractivity contribution in [2.45, 2.75) is 25.3 Å². The zero-order valence-electron chi connectivity index (χ0n) is 23.6. The maximum Gasteiger partial charge on any atom is 0.416 e. The van der Waals surface area contributed by atoms with Crippen LogP contribution in [0.15, 0.2) is 59.2 Å². The van der Waals surface area contributed by atoms with Gasteiger partial charge in [-0.1, -0.05) is 6.07 Å². The van der Waals surface area contributed by atoms with Gasteiger partial charge in [0.2, 0.25) is 5.91 Å². The van der Waals surface area contributed by atoms with Crippen molar-refractivity contribution in [2.24, 2.45) is 0 Å². The molecule has 0 bridgehead atoms. The normalized spacial score (nSPS) is 11.7. The summed E-state index contributed by atoms with van der Waals surface area (Å²) in [7, 11) is 4.26. The predicted molar refractivity (Wildman–Crippen MR) is 142 cm³/mol. The maximum atomic E-state index is 13.5. The molecule has 43 heavy (non-hydrogen) atoms. The monoisotopic (exact) mass is 616 g/mol. The van der Waals surface area contributed by atoms with E-state index < -0.39 is 47.4 Å². The van der Waals surface area contributed by atoms with Crippen molar-refractivity contribution in [1.82, 2.24) is 9.80 Å². The zero-order chi connectivity index (χ0) is 31.8. The number of nitrogens with zero attached hydrogens (tertiary/aromatic N) is 2. The summed E-state index contributed by atoms with van der Waals surface area (Å²) < 4.78 is 101. The molecular formula is C29H30F6N2O6. The highest BCUT2D eigenvalue weighted by Crippen LogP contribution is 2.36. The van der Waals surface area contributed by atoms with Crippen LogP contribution in [0.2, 0.25) is 0 Å². The highest BCUT2D eigenvalue weighted by molar-refractivity contribution is 5.97. The molecule has 0 atom stereocenters.